The lowest BCUT2D eigenvalue weighted by Crippen LogP contribution is -2.52. The SMILES string of the molecule is CNCC1CN(C(=O)NC2CC2)CCO1. The first-order chi connectivity index (χ1) is 7.29. The smallest absolute Gasteiger partial charge is 0.317 e. The zero-order valence-electron chi connectivity index (χ0n) is 9.16. The molecule has 0 aromatic rings. The molecule has 1 saturated heterocycles. The van der Waals surface area contributed by atoms with E-state index in [-0.39, 0.29) is 12.1 Å². The Kier molecular flexibility index (Phi) is 3.43. The molecule has 2 aliphatic rings. The highest BCUT2D eigenvalue weighted by molar-refractivity contribution is 5.75. The van der Waals surface area contributed by atoms with Gasteiger partial charge in [-0.25, -0.2) is 4.79 Å². The Balaban J connectivity index is 1.77. The molecule has 1 atom stereocenters. The van der Waals surface area contributed by atoms with Gasteiger partial charge < -0.3 is 20.3 Å². The quantitative estimate of drug-likeness (QED) is 0.681. The second-order valence-electron chi connectivity index (χ2n) is 4.22. The Morgan fingerprint density at radius 1 is 1.53 bits per heavy atom. The van der Waals surface area contributed by atoms with Crippen LogP contribution in [0.25, 0.3) is 0 Å². The van der Waals surface area contributed by atoms with Crippen LogP contribution >= 0.6 is 0 Å². The molecular weight excluding hydrogens is 194 g/mol. The largest absolute Gasteiger partial charge is 0.373 e. The maximum Gasteiger partial charge on any atom is 0.317 e. The number of nitrogens with one attached hydrogen (secondary N) is 2. The normalized spacial score (nSPS) is 26.5. The van der Waals surface area contributed by atoms with Crippen LogP contribution in [0.5, 0.6) is 0 Å². The van der Waals surface area contributed by atoms with E-state index < -0.39 is 0 Å². The summed E-state index contributed by atoms with van der Waals surface area (Å²) in [6, 6.07) is 0.505. The van der Waals surface area contributed by atoms with Crippen LogP contribution in [0.2, 0.25) is 0 Å². The molecule has 1 aliphatic carbocycles. The Morgan fingerprint density at radius 3 is 3.00 bits per heavy atom. The van der Waals surface area contributed by atoms with E-state index in [0.717, 1.165) is 19.4 Å². The number of amides is 2. The fourth-order valence-corrected chi connectivity index (χ4v) is 1.75. The number of carbonyl (C=O) groups excluding carboxylic acids is 1. The molecule has 0 aromatic carbocycles. The summed E-state index contributed by atoms with van der Waals surface area (Å²) in [6.07, 6.45) is 2.40. The van der Waals surface area contributed by atoms with E-state index in [4.69, 9.17) is 4.74 Å². The number of likely N-dealkylation sites (N-methyl/N-ethyl adjacent to an activating group) is 1. The van der Waals surface area contributed by atoms with Crippen molar-refractivity contribution in [2.75, 3.05) is 33.3 Å². The third-order valence-electron chi connectivity index (χ3n) is 2.76. The zero-order valence-corrected chi connectivity index (χ0v) is 9.16. The summed E-state index contributed by atoms with van der Waals surface area (Å²) in [5.41, 5.74) is 0. The van der Waals surface area contributed by atoms with Gasteiger partial charge in [0.1, 0.15) is 0 Å². The molecule has 1 unspecified atom stereocenters. The van der Waals surface area contributed by atoms with Crippen molar-refractivity contribution in [2.24, 2.45) is 0 Å². The first kappa shape index (κ1) is 10.7. The first-order valence-corrected chi connectivity index (χ1v) is 5.61. The van der Waals surface area contributed by atoms with Crippen molar-refractivity contribution in [1.82, 2.24) is 15.5 Å². The van der Waals surface area contributed by atoms with E-state index in [1.807, 2.05) is 11.9 Å². The molecule has 0 spiro atoms. The van der Waals surface area contributed by atoms with Gasteiger partial charge in [0.2, 0.25) is 0 Å². The van der Waals surface area contributed by atoms with Crippen molar-refractivity contribution in [1.29, 1.82) is 0 Å². The highest BCUT2D eigenvalue weighted by Gasteiger charge is 2.28. The minimum Gasteiger partial charge on any atom is -0.373 e. The van der Waals surface area contributed by atoms with Crippen molar-refractivity contribution < 1.29 is 9.53 Å². The summed E-state index contributed by atoms with van der Waals surface area (Å²) in [6.45, 7) is 2.84. The van der Waals surface area contributed by atoms with Crippen molar-refractivity contribution >= 4 is 6.03 Å². The molecule has 1 heterocycles. The predicted molar refractivity (Wildman–Crippen MR) is 56.8 cm³/mol. The van der Waals surface area contributed by atoms with Gasteiger partial charge in [-0.15, -0.1) is 0 Å². The van der Waals surface area contributed by atoms with Gasteiger partial charge in [0, 0.05) is 25.7 Å². The fraction of sp³-hybridized carbons (Fsp3) is 0.900. The highest BCUT2D eigenvalue weighted by Crippen LogP contribution is 2.19. The van der Waals surface area contributed by atoms with Gasteiger partial charge in [0.25, 0.3) is 0 Å². The molecule has 2 fully saturated rings. The predicted octanol–water partition coefficient (Wildman–Crippen LogP) is -0.221. The molecule has 5 heteroatoms. The number of rotatable bonds is 3. The number of carbonyl (C=O) groups is 1. The molecule has 1 saturated carbocycles. The minimum absolute atomic E-state index is 0.0712. The van der Waals surface area contributed by atoms with Crippen molar-refractivity contribution in [2.45, 2.75) is 25.0 Å². The monoisotopic (exact) mass is 213 g/mol. The van der Waals surface area contributed by atoms with Crippen LogP contribution in [0.1, 0.15) is 12.8 Å². The summed E-state index contributed by atoms with van der Waals surface area (Å²) in [5, 5.41) is 6.06. The molecule has 2 N–H and O–H groups in total. The highest BCUT2D eigenvalue weighted by atomic mass is 16.5. The van der Waals surface area contributed by atoms with Crippen LogP contribution in [-0.2, 0) is 4.74 Å². The van der Waals surface area contributed by atoms with Crippen molar-refractivity contribution in [3.8, 4) is 0 Å². The van der Waals surface area contributed by atoms with E-state index in [0.29, 0.717) is 25.7 Å². The van der Waals surface area contributed by atoms with E-state index in [1.165, 1.54) is 0 Å². The van der Waals surface area contributed by atoms with Crippen LogP contribution in [0.15, 0.2) is 0 Å². The van der Waals surface area contributed by atoms with Gasteiger partial charge in [-0.3, -0.25) is 0 Å². The number of morpholine rings is 1. The van der Waals surface area contributed by atoms with Crippen LogP contribution in [0.3, 0.4) is 0 Å². The van der Waals surface area contributed by atoms with Gasteiger partial charge >= 0.3 is 6.03 Å². The molecule has 15 heavy (non-hydrogen) atoms. The third-order valence-corrected chi connectivity index (χ3v) is 2.76. The van der Waals surface area contributed by atoms with Crippen molar-refractivity contribution in [3.05, 3.63) is 0 Å². The van der Waals surface area contributed by atoms with Gasteiger partial charge in [0.05, 0.1) is 12.7 Å². The summed E-state index contributed by atoms with van der Waals surface area (Å²) < 4.78 is 5.54. The van der Waals surface area contributed by atoms with Gasteiger partial charge in [-0.1, -0.05) is 0 Å². The van der Waals surface area contributed by atoms with Gasteiger partial charge in [0.15, 0.2) is 0 Å². The van der Waals surface area contributed by atoms with Gasteiger partial charge in [-0.2, -0.15) is 0 Å². The second kappa shape index (κ2) is 4.81. The molecule has 0 aromatic heterocycles. The molecular formula is C10H19N3O2. The third kappa shape index (κ3) is 3.07. The van der Waals surface area contributed by atoms with Crippen LogP contribution < -0.4 is 10.6 Å². The van der Waals surface area contributed by atoms with Crippen LogP contribution in [0.4, 0.5) is 4.79 Å². The average molecular weight is 213 g/mol. The fourth-order valence-electron chi connectivity index (χ4n) is 1.75. The number of ether oxygens (including phenoxy) is 1. The second-order valence-corrected chi connectivity index (χ2v) is 4.22. The topological polar surface area (TPSA) is 53.6 Å². The number of urea groups is 1. The molecule has 1 aliphatic heterocycles. The van der Waals surface area contributed by atoms with Crippen LogP contribution in [0, 0.1) is 0 Å². The summed E-state index contributed by atoms with van der Waals surface area (Å²) in [4.78, 5) is 13.6. The molecule has 0 bridgehead atoms. The molecule has 5 nitrogen and oxygen atoms in total. The standard InChI is InChI=1S/C10H19N3O2/c1-11-6-9-7-13(4-5-15-9)10(14)12-8-2-3-8/h8-9,11H,2-7H2,1H3,(H,12,14). The van der Waals surface area contributed by atoms with E-state index >= 15 is 0 Å². The number of hydrogen-bond acceptors (Lipinski definition) is 3. The number of nitrogens with zero attached hydrogens (tertiary/aromatic N) is 1. The zero-order chi connectivity index (χ0) is 10.7. The van der Waals surface area contributed by atoms with Crippen LogP contribution in [-0.4, -0.2) is 56.4 Å². The summed E-state index contributed by atoms with van der Waals surface area (Å²) >= 11 is 0. The van der Waals surface area contributed by atoms with Gasteiger partial charge in [-0.05, 0) is 19.9 Å². The van der Waals surface area contributed by atoms with Crippen molar-refractivity contribution in [3.63, 3.8) is 0 Å². The van der Waals surface area contributed by atoms with E-state index in [2.05, 4.69) is 10.6 Å². The lowest BCUT2D eigenvalue weighted by Gasteiger charge is -2.32. The Bertz CT molecular complexity index is 229. The first-order valence-electron chi connectivity index (χ1n) is 5.61. The lowest BCUT2D eigenvalue weighted by atomic mass is 10.3. The molecule has 86 valence electrons. The van der Waals surface area contributed by atoms with E-state index in [1.54, 1.807) is 0 Å². The number of hydrogen-bond donors (Lipinski definition) is 2. The Labute approximate surface area is 90.1 Å². The maximum atomic E-state index is 11.7. The molecule has 0 radical (unpaired) electrons. The average Bonchev–Trinajstić information content (AvgIpc) is 3.03. The minimum atomic E-state index is 0.0712. The van der Waals surface area contributed by atoms with E-state index in [9.17, 15) is 4.79 Å². The Morgan fingerprint density at radius 2 is 2.33 bits per heavy atom. The molecule has 2 rings (SSSR count). The Hall–Kier alpha value is -0.810. The lowest BCUT2D eigenvalue weighted by molar-refractivity contribution is -0.0120. The maximum absolute atomic E-state index is 11.7. The summed E-state index contributed by atoms with van der Waals surface area (Å²) in [5.74, 6) is 0. The molecule has 2 amide bonds. The summed E-state index contributed by atoms with van der Waals surface area (Å²) in [7, 11) is 1.90.